The fourth-order valence-corrected chi connectivity index (χ4v) is 2.57. The number of hydrogen-bond acceptors (Lipinski definition) is 2. The molecule has 1 unspecified atom stereocenters. The maximum atomic E-state index is 12.1. The molecule has 4 heteroatoms. The normalized spacial score (nSPS) is 12.1. The molecule has 23 heavy (non-hydrogen) atoms. The van der Waals surface area contributed by atoms with Gasteiger partial charge in [0, 0.05) is 16.1 Å². The number of benzene rings is 2. The zero-order chi connectivity index (χ0) is 16.7. The van der Waals surface area contributed by atoms with E-state index in [1.54, 1.807) is 6.08 Å². The average Bonchev–Trinajstić information content (AvgIpc) is 2.56. The second-order valence-electron chi connectivity index (χ2n) is 5.09. The van der Waals surface area contributed by atoms with E-state index in [4.69, 9.17) is 4.74 Å². The van der Waals surface area contributed by atoms with Crippen LogP contribution in [0.2, 0.25) is 0 Å². The van der Waals surface area contributed by atoms with Crippen LogP contribution in [0.15, 0.2) is 59.1 Å². The quantitative estimate of drug-likeness (QED) is 0.742. The van der Waals surface area contributed by atoms with Crippen LogP contribution < -0.4 is 10.1 Å². The summed E-state index contributed by atoms with van der Waals surface area (Å²) < 4.78 is 6.51. The third kappa shape index (κ3) is 5.25. The molecule has 0 bridgehead atoms. The van der Waals surface area contributed by atoms with Crippen molar-refractivity contribution in [1.82, 2.24) is 5.32 Å². The fraction of sp³-hybridized carbons (Fsp3) is 0.211. The molecule has 0 aliphatic heterocycles. The van der Waals surface area contributed by atoms with Gasteiger partial charge in [-0.2, -0.15) is 0 Å². The van der Waals surface area contributed by atoms with Gasteiger partial charge in [-0.3, -0.25) is 4.79 Å². The second-order valence-corrected chi connectivity index (χ2v) is 6.01. The van der Waals surface area contributed by atoms with Gasteiger partial charge in [0.15, 0.2) is 0 Å². The van der Waals surface area contributed by atoms with Gasteiger partial charge < -0.3 is 10.1 Å². The van der Waals surface area contributed by atoms with E-state index in [0.717, 1.165) is 21.3 Å². The number of carbonyl (C=O) groups is 1. The molecule has 1 atom stereocenters. The molecule has 2 aromatic rings. The van der Waals surface area contributed by atoms with Crippen molar-refractivity contribution in [1.29, 1.82) is 0 Å². The highest BCUT2D eigenvalue weighted by Gasteiger charge is 2.07. The molecule has 1 N–H and O–H groups in total. The minimum absolute atomic E-state index is 0.0396. The topological polar surface area (TPSA) is 38.3 Å². The van der Waals surface area contributed by atoms with Gasteiger partial charge in [0.05, 0.1) is 12.6 Å². The van der Waals surface area contributed by atoms with Crippen LogP contribution in [0, 0.1) is 0 Å². The summed E-state index contributed by atoms with van der Waals surface area (Å²) in [7, 11) is 0. The van der Waals surface area contributed by atoms with Gasteiger partial charge in [0.25, 0.3) is 0 Å². The Morgan fingerprint density at radius 2 is 2.00 bits per heavy atom. The van der Waals surface area contributed by atoms with Crippen LogP contribution in [0.4, 0.5) is 0 Å². The van der Waals surface area contributed by atoms with Crippen LogP contribution in [0.5, 0.6) is 5.75 Å². The Kier molecular flexibility index (Phi) is 6.41. The van der Waals surface area contributed by atoms with Crippen molar-refractivity contribution in [3.8, 4) is 5.75 Å². The van der Waals surface area contributed by atoms with Gasteiger partial charge in [-0.1, -0.05) is 46.3 Å². The third-order valence-electron chi connectivity index (χ3n) is 3.34. The maximum absolute atomic E-state index is 12.1. The highest BCUT2D eigenvalue weighted by molar-refractivity contribution is 9.10. The van der Waals surface area contributed by atoms with Crippen molar-refractivity contribution >= 4 is 27.9 Å². The number of nitrogens with one attached hydrogen (secondary N) is 1. The Bertz CT molecular complexity index is 683. The van der Waals surface area contributed by atoms with Gasteiger partial charge in [-0.25, -0.2) is 0 Å². The Hall–Kier alpha value is -2.07. The van der Waals surface area contributed by atoms with E-state index in [-0.39, 0.29) is 11.9 Å². The van der Waals surface area contributed by atoms with E-state index in [2.05, 4.69) is 21.2 Å². The van der Waals surface area contributed by atoms with Crippen LogP contribution in [0.3, 0.4) is 0 Å². The summed E-state index contributed by atoms with van der Waals surface area (Å²) in [4.78, 5) is 12.1. The molecule has 2 rings (SSSR count). The van der Waals surface area contributed by atoms with Crippen molar-refractivity contribution in [2.75, 3.05) is 6.61 Å². The highest BCUT2D eigenvalue weighted by Crippen LogP contribution is 2.24. The molecule has 0 fully saturated rings. The molecular formula is C19H20BrNO2. The average molecular weight is 374 g/mol. The summed E-state index contributed by atoms with van der Waals surface area (Å²) in [5.41, 5.74) is 1.94. The van der Waals surface area contributed by atoms with Gasteiger partial charge in [-0.05, 0) is 43.7 Å². The Morgan fingerprint density at radius 3 is 2.70 bits per heavy atom. The first kappa shape index (κ1) is 17.3. The zero-order valence-corrected chi connectivity index (χ0v) is 14.8. The van der Waals surface area contributed by atoms with E-state index < -0.39 is 0 Å². The molecule has 0 radical (unpaired) electrons. The molecule has 0 heterocycles. The SMILES string of the molecule is CCOc1ccc(Br)cc1/C=C/C(=O)NC(C)c1ccccc1. The highest BCUT2D eigenvalue weighted by atomic mass is 79.9. The smallest absolute Gasteiger partial charge is 0.244 e. The van der Waals surface area contributed by atoms with Gasteiger partial charge in [0.1, 0.15) is 5.75 Å². The van der Waals surface area contributed by atoms with Crippen LogP contribution in [-0.2, 0) is 4.79 Å². The summed E-state index contributed by atoms with van der Waals surface area (Å²) in [5.74, 6) is 0.625. The van der Waals surface area contributed by atoms with Crippen LogP contribution >= 0.6 is 15.9 Å². The molecule has 1 amide bonds. The molecule has 0 aliphatic carbocycles. The van der Waals surface area contributed by atoms with E-state index in [1.165, 1.54) is 6.08 Å². The number of halogens is 1. The number of ether oxygens (including phenoxy) is 1. The molecular weight excluding hydrogens is 354 g/mol. The van der Waals surface area contributed by atoms with Gasteiger partial charge in [0.2, 0.25) is 5.91 Å². The minimum atomic E-state index is -0.135. The Morgan fingerprint density at radius 1 is 1.26 bits per heavy atom. The van der Waals surface area contributed by atoms with Gasteiger partial charge in [-0.15, -0.1) is 0 Å². The van der Waals surface area contributed by atoms with Crippen molar-refractivity contribution in [2.24, 2.45) is 0 Å². The molecule has 0 aliphatic rings. The number of hydrogen-bond donors (Lipinski definition) is 1. The first-order chi connectivity index (χ1) is 11.1. The Balaban J connectivity index is 2.05. The summed E-state index contributed by atoms with van der Waals surface area (Å²) in [5, 5.41) is 2.95. The maximum Gasteiger partial charge on any atom is 0.244 e. The van der Waals surface area contributed by atoms with Gasteiger partial charge >= 0.3 is 0 Å². The van der Waals surface area contributed by atoms with Crippen molar-refractivity contribution in [2.45, 2.75) is 19.9 Å². The van der Waals surface area contributed by atoms with E-state index in [0.29, 0.717) is 6.61 Å². The van der Waals surface area contributed by atoms with Crippen molar-refractivity contribution < 1.29 is 9.53 Å². The molecule has 3 nitrogen and oxygen atoms in total. The van der Waals surface area contributed by atoms with Crippen LogP contribution in [0.1, 0.15) is 31.0 Å². The predicted octanol–water partition coefficient (Wildman–Crippen LogP) is 4.74. The fourth-order valence-electron chi connectivity index (χ4n) is 2.19. The monoisotopic (exact) mass is 373 g/mol. The lowest BCUT2D eigenvalue weighted by atomic mass is 10.1. The summed E-state index contributed by atoms with van der Waals surface area (Å²) >= 11 is 3.44. The molecule has 0 saturated carbocycles. The first-order valence-electron chi connectivity index (χ1n) is 7.56. The van der Waals surface area contributed by atoms with Crippen molar-refractivity contribution in [3.63, 3.8) is 0 Å². The third-order valence-corrected chi connectivity index (χ3v) is 3.84. The lowest BCUT2D eigenvalue weighted by Crippen LogP contribution is -2.24. The standard InChI is InChI=1S/C19H20BrNO2/c1-3-23-18-11-10-17(20)13-16(18)9-12-19(22)21-14(2)15-7-5-4-6-8-15/h4-14H,3H2,1-2H3,(H,21,22)/b12-9+. The largest absolute Gasteiger partial charge is 0.493 e. The lowest BCUT2D eigenvalue weighted by molar-refractivity contribution is -0.117. The summed E-state index contributed by atoms with van der Waals surface area (Å²) in [6.07, 6.45) is 3.30. The van der Waals surface area contributed by atoms with E-state index >= 15 is 0 Å². The number of rotatable bonds is 6. The number of amides is 1. The van der Waals surface area contributed by atoms with Crippen LogP contribution in [0.25, 0.3) is 6.08 Å². The van der Waals surface area contributed by atoms with Crippen molar-refractivity contribution in [3.05, 3.63) is 70.2 Å². The molecule has 2 aromatic carbocycles. The summed E-state index contributed by atoms with van der Waals surface area (Å²) in [6.45, 7) is 4.48. The first-order valence-corrected chi connectivity index (χ1v) is 8.35. The van der Waals surface area contributed by atoms with E-state index in [1.807, 2.05) is 62.4 Å². The molecule has 0 aromatic heterocycles. The van der Waals surface area contributed by atoms with E-state index in [9.17, 15) is 4.79 Å². The number of carbonyl (C=O) groups excluding carboxylic acids is 1. The summed E-state index contributed by atoms with van der Waals surface area (Å²) in [6, 6.07) is 15.6. The second kappa shape index (κ2) is 8.53. The Labute approximate surface area is 145 Å². The lowest BCUT2D eigenvalue weighted by Gasteiger charge is -2.12. The molecule has 0 saturated heterocycles. The van der Waals surface area contributed by atoms with Crippen LogP contribution in [-0.4, -0.2) is 12.5 Å². The predicted molar refractivity (Wildman–Crippen MR) is 97.3 cm³/mol. The molecule has 120 valence electrons. The molecule has 0 spiro atoms. The zero-order valence-electron chi connectivity index (χ0n) is 13.3. The minimum Gasteiger partial charge on any atom is -0.493 e.